The summed E-state index contributed by atoms with van der Waals surface area (Å²) >= 11 is 0. The highest BCUT2D eigenvalue weighted by molar-refractivity contribution is 5.81. The number of nitrogens with zero attached hydrogens (tertiary/aromatic N) is 2. The van der Waals surface area contributed by atoms with Crippen molar-refractivity contribution >= 4 is 0 Å². The van der Waals surface area contributed by atoms with Crippen LogP contribution in [0.1, 0.15) is 158 Å². The van der Waals surface area contributed by atoms with Crippen molar-refractivity contribution < 1.29 is 0 Å². The molecule has 0 aliphatic carbocycles. The molecule has 7 rings (SSSR count). The molecule has 66 heavy (non-hydrogen) atoms. The van der Waals surface area contributed by atoms with Crippen molar-refractivity contribution in [3.05, 3.63) is 167 Å². The van der Waals surface area contributed by atoms with E-state index in [1.807, 2.05) is 0 Å². The fraction of sp³-hybridized carbons (Fsp3) is 0.375. The average Bonchev–Trinajstić information content (AvgIpc) is 3.24. The molecule has 342 valence electrons. The fourth-order valence-electron chi connectivity index (χ4n) is 8.50. The van der Waals surface area contributed by atoms with Gasteiger partial charge in [-0.05, 0) is 141 Å². The molecule has 0 spiro atoms. The first-order valence-corrected chi connectivity index (χ1v) is 24.1. The van der Waals surface area contributed by atoms with E-state index in [9.17, 15) is 0 Å². The second-order valence-electron chi connectivity index (χ2n) is 25.1. The van der Waals surface area contributed by atoms with Gasteiger partial charge in [-0.3, -0.25) is 0 Å². The molecule has 0 saturated carbocycles. The Morgan fingerprint density at radius 3 is 0.712 bits per heavy atom. The first-order chi connectivity index (χ1) is 30.4. The van der Waals surface area contributed by atoms with Gasteiger partial charge in [0.25, 0.3) is 0 Å². The van der Waals surface area contributed by atoms with Gasteiger partial charge >= 0.3 is 0 Å². The van der Waals surface area contributed by atoms with Crippen molar-refractivity contribution in [1.29, 1.82) is 0 Å². The smallest absolute Gasteiger partial charge is 0.116 e. The fourth-order valence-corrected chi connectivity index (χ4v) is 8.50. The molecule has 0 aliphatic heterocycles. The summed E-state index contributed by atoms with van der Waals surface area (Å²) in [5.41, 5.74) is 21.8. The summed E-state index contributed by atoms with van der Waals surface area (Å²) < 4.78 is 0. The third-order valence-corrected chi connectivity index (χ3v) is 13.2. The molecule has 0 aliphatic rings. The molecule has 0 amide bonds. The third-order valence-electron chi connectivity index (χ3n) is 13.2. The van der Waals surface area contributed by atoms with Gasteiger partial charge in [-0.15, -0.1) is 0 Å². The lowest BCUT2D eigenvalue weighted by atomic mass is 9.78. The normalized spacial score (nSPS) is 13.0. The maximum atomic E-state index is 4.86. The van der Waals surface area contributed by atoms with Crippen LogP contribution in [-0.4, -0.2) is 9.97 Å². The van der Waals surface area contributed by atoms with Crippen LogP contribution in [0.3, 0.4) is 0 Å². The van der Waals surface area contributed by atoms with Gasteiger partial charge in [0.1, 0.15) is 6.33 Å². The predicted octanol–water partition coefficient (Wildman–Crippen LogP) is 18.3. The Hall–Kier alpha value is -5.60. The van der Waals surface area contributed by atoms with Gasteiger partial charge in [0.05, 0.1) is 11.4 Å². The minimum atomic E-state index is -0.0320. The molecule has 0 radical (unpaired) electrons. The van der Waals surface area contributed by atoms with Crippen molar-refractivity contribution in [2.45, 2.75) is 157 Å². The zero-order valence-corrected chi connectivity index (χ0v) is 43.6. The van der Waals surface area contributed by atoms with E-state index in [1.54, 1.807) is 6.33 Å². The molecule has 0 N–H and O–H groups in total. The summed E-state index contributed by atoms with van der Waals surface area (Å²) in [4.78, 5) is 9.72. The van der Waals surface area contributed by atoms with E-state index in [4.69, 9.17) is 9.97 Å². The van der Waals surface area contributed by atoms with Crippen LogP contribution in [0.25, 0.3) is 67.0 Å². The number of hydrogen-bond donors (Lipinski definition) is 0. The van der Waals surface area contributed by atoms with Gasteiger partial charge < -0.3 is 0 Å². The quantitative estimate of drug-likeness (QED) is 0.166. The van der Waals surface area contributed by atoms with Crippen LogP contribution >= 0.6 is 0 Å². The molecule has 0 saturated heterocycles. The molecule has 7 aromatic rings. The Labute approximate surface area is 399 Å². The van der Waals surface area contributed by atoms with Gasteiger partial charge in [0.2, 0.25) is 0 Å². The topological polar surface area (TPSA) is 25.8 Å². The summed E-state index contributed by atoms with van der Waals surface area (Å²) in [6, 6.07) is 48.6. The van der Waals surface area contributed by atoms with Crippen molar-refractivity contribution in [2.24, 2.45) is 0 Å². The van der Waals surface area contributed by atoms with E-state index in [-0.39, 0.29) is 32.5 Å². The lowest BCUT2D eigenvalue weighted by molar-refractivity contribution is 0.568. The van der Waals surface area contributed by atoms with Crippen molar-refractivity contribution in [2.75, 3.05) is 0 Å². The molecule has 2 heteroatoms. The van der Waals surface area contributed by atoms with Gasteiger partial charge in [-0.25, -0.2) is 9.97 Å². The van der Waals surface area contributed by atoms with Crippen LogP contribution in [0.5, 0.6) is 0 Å². The Balaban J connectivity index is 1.29. The van der Waals surface area contributed by atoms with E-state index in [0.717, 1.165) is 22.5 Å². The zero-order chi connectivity index (χ0) is 48.4. The van der Waals surface area contributed by atoms with E-state index >= 15 is 0 Å². The Kier molecular flexibility index (Phi) is 12.6. The summed E-state index contributed by atoms with van der Waals surface area (Å²) in [5, 5.41) is 0. The lowest BCUT2D eigenvalue weighted by Gasteiger charge is -2.27. The first-order valence-electron chi connectivity index (χ1n) is 24.1. The Morgan fingerprint density at radius 1 is 0.227 bits per heavy atom. The van der Waals surface area contributed by atoms with Crippen LogP contribution in [-0.2, 0) is 32.5 Å². The molecular weight excluding hydrogens is 797 g/mol. The van der Waals surface area contributed by atoms with Gasteiger partial charge in [0.15, 0.2) is 0 Å². The third kappa shape index (κ3) is 11.0. The Morgan fingerprint density at radius 2 is 0.439 bits per heavy atom. The van der Waals surface area contributed by atoms with E-state index in [1.165, 1.54) is 77.9 Å². The number of rotatable bonds is 6. The second kappa shape index (κ2) is 17.2. The van der Waals surface area contributed by atoms with Crippen LogP contribution in [0.2, 0.25) is 0 Å². The highest BCUT2D eigenvalue weighted by Gasteiger charge is 2.25. The molecule has 0 fully saturated rings. The molecule has 1 aromatic heterocycles. The second-order valence-corrected chi connectivity index (χ2v) is 25.1. The van der Waals surface area contributed by atoms with Gasteiger partial charge in [-0.2, -0.15) is 0 Å². The summed E-state index contributed by atoms with van der Waals surface area (Å²) in [6.45, 7) is 41.6. The monoisotopic (exact) mass is 873 g/mol. The summed E-state index contributed by atoms with van der Waals surface area (Å²) in [6.07, 6.45) is 1.71. The molecule has 2 nitrogen and oxygen atoms in total. The number of aromatic nitrogens is 2. The summed E-state index contributed by atoms with van der Waals surface area (Å²) in [7, 11) is 0. The number of hydrogen-bond acceptors (Lipinski definition) is 2. The maximum absolute atomic E-state index is 4.86. The van der Waals surface area contributed by atoms with Gasteiger partial charge in [-0.1, -0.05) is 222 Å². The number of benzene rings is 6. The molecular formula is C64H76N2. The zero-order valence-electron chi connectivity index (χ0n) is 43.6. The maximum Gasteiger partial charge on any atom is 0.116 e. The first kappa shape index (κ1) is 48.3. The minimum Gasteiger partial charge on any atom is -0.236 e. The van der Waals surface area contributed by atoms with Crippen molar-refractivity contribution in [3.8, 4) is 67.0 Å². The van der Waals surface area contributed by atoms with Crippen LogP contribution in [0.15, 0.2) is 134 Å². The van der Waals surface area contributed by atoms with Crippen LogP contribution in [0, 0.1) is 0 Å². The highest BCUT2D eigenvalue weighted by Crippen LogP contribution is 2.41. The molecule has 1 heterocycles. The van der Waals surface area contributed by atoms with Crippen molar-refractivity contribution in [1.82, 2.24) is 9.97 Å². The SMILES string of the molecule is CC(C)(C)c1cc(-c2cccc(-c3cc(-c4cccc(-c5cc(-c6cc(C(C)(C)C)cc(C(C)(C)C)c6)cc(C(C)(C)C)c5)c4)ncn3)c2)cc(-c2cc(C(C)(C)C)cc(C(C)(C)C)c2)c1. The van der Waals surface area contributed by atoms with E-state index in [0.29, 0.717) is 0 Å². The van der Waals surface area contributed by atoms with Gasteiger partial charge in [0, 0.05) is 11.1 Å². The molecule has 0 atom stereocenters. The standard InChI is InChI=1S/C64H76N2/c1-59(2,3)51-29-45(27-47(31-51)49-33-53(61(7,8)9)37-54(34-49)62(10,11)12)41-21-19-23-43(25-41)57-39-58(66-40-65-57)44-24-20-22-42(26-44)46-28-48(32-52(30-46)60(4,5)6)50-35-55(63(13,14)15)38-56(36-50)64(16,17)18/h19-40H,1-18H3. The lowest BCUT2D eigenvalue weighted by Crippen LogP contribution is -2.16. The largest absolute Gasteiger partial charge is 0.236 e. The van der Waals surface area contributed by atoms with Crippen LogP contribution < -0.4 is 0 Å². The predicted molar refractivity (Wildman–Crippen MR) is 287 cm³/mol. The molecule has 0 unspecified atom stereocenters. The average molecular weight is 873 g/mol. The molecule has 6 aromatic carbocycles. The van der Waals surface area contributed by atoms with E-state index < -0.39 is 0 Å². The Bertz CT molecular complexity index is 2640. The minimum absolute atomic E-state index is 0.0310. The van der Waals surface area contributed by atoms with E-state index in [2.05, 4.69) is 252 Å². The van der Waals surface area contributed by atoms with Crippen LogP contribution in [0.4, 0.5) is 0 Å². The molecule has 0 bridgehead atoms. The summed E-state index contributed by atoms with van der Waals surface area (Å²) in [5.74, 6) is 0. The van der Waals surface area contributed by atoms with Crippen molar-refractivity contribution in [3.63, 3.8) is 0 Å². The highest BCUT2D eigenvalue weighted by atomic mass is 14.8.